The van der Waals surface area contributed by atoms with Crippen LogP contribution < -0.4 is 0 Å². The van der Waals surface area contributed by atoms with E-state index in [1.807, 2.05) is 0 Å². The first-order valence-electron chi connectivity index (χ1n) is 5.44. The minimum atomic E-state index is -3.06. The quantitative estimate of drug-likeness (QED) is 0.778. The highest BCUT2D eigenvalue weighted by Crippen LogP contribution is 2.29. The standard InChI is InChI=1S/C10H20O3S/c1-2-14(12,13)10(8-11)9-6-4-3-5-7-9/h9-11H,2-8H2,1H3/t10-/m1/s1. The lowest BCUT2D eigenvalue weighted by molar-refractivity contribution is 0.232. The third-order valence-electron chi connectivity index (χ3n) is 3.22. The molecule has 0 amide bonds. The van der Waals surface area contributed by atoms with E-state index in [0.29, 0.717) is 0 Å². The maximum Gasteiger partial charge on any atom is 0.155 e. The Morgan fingerprint density at radius 2 is 1.86 bits per heavy atom. The molecule has 1 N–H and O–H groups in total. The molecule has 1 aliphatic carbocycles. The molecule has 1 fully saturated rings. The zero-order valence-electron chi connectivity index (χ0n) is 8.78. The number of aliphatic hydroxyl groups is 1. The van der Waals surface area contributed by atoms with Crippen molar-refractivity contribution in [2.75, 3.05) is 12.4 Å². The average molecular weight is 220 g/mol. The van der Waals surface area contributed by atoms with Crippen molar-refractivity contribution in [2.45, 2.75) is 44.3 Å². The summed E-state index contributed by atoms with van der Waals surface area (Å²) in [5.41, 5.74) is 0. The van der Waals surface area contributed by atoms with Gasteiger partial charge in [0.2, 0.25) is 0 Å². The summed E-state index contributed by atoms with van der Waals surface area (Å²) in [5.74, 6) is 0.341. The van der Waals surface area contributed by atoms with E-state index in [-0.39, 0.29) is 18.3 Å². The van der Waals surface area contributed by atoms with Crippen LogP contribution in [-0.2, 0) is 9.84 Å². The number of rotatable bonds is 4. The van der Waals surface area contributed by atoms with Crippen molar-refractivity contribution in [3.8, 4) is 0 Å². The second kappa shape index (κ2) is 5.12. The summed E-state index contributed by atoms with van der Waals surface area (Å²) in [6.07, 6.45) is 5.36. The van der Waals surface area contributed by atoms with Crippen molar-refractivity contribution in [3.05, 3.63) is 0 Å². The Morgan fingerprint density at radius 1 is 1.29 bits per heavy atom. The van der Waals surface area contributed by atoms with E-state index < -0.39 is 15.1 Å². The fourth-order valence-electron chi connectivity index (χ4n) is 2.28. The van der Waals surface area contributed by atoms with Gasteiger partial charge in [0.05, 0.1) is 11.9 Å². The summed E-state index contributed by atoms with van der Waals surface area (Å²) in [6.45, 7) is 1.45. The summed E-state index contributed by atoms with van der Waals surface area (Å²) in [6, 6.07) is 0. The molecule has 0 spiro atoms. The molecule has 0 aromatic heterocycles. The molecule has 1 saturated carbocycles. The van der Waals surface area contributed by atoms with E-state index in [1.165, 1.54) is 6.42 Å². The largest absolute Gasteiger partial charge is 0.395 e. The Hall–Kier alpha value is -0.0900. The Balaban J connectivity index is 2.70. The molecule has 0 bridgehead atoms. The zero-order chi connectivity index (χ0) is 10.6. The van der Waals surface area contributed by atoms with Gasteiger partial charge in [0.15, 0.2) is 9.84 Å². The fourth-order valence-corrected chi connectivity index (χ4v) is 3.79. The third kappa shape index (κ3) is 2.70. The van der Waals surface area contributed by atoms with E-state index >= 15 is 0 Å². The molecule has 0 saturated heterocycles. The van der Waals surface area contributed by atoms with Crippen molar-refractivity contribution in [1.82, 2.24) is 0 Å². The molecule has 0 unspecified atom stereocenters. The smallest absolute Gasteiger partial charge is 0.155 e. The van der Waals surface area contributed by atoms with Crippen LogP contribution in [0.15, 0.2) is 0 Å². The summed E-state index contributed by atoms with van der Waals surface area (Å²) in [7, 11) is -3.06. The molecule has 3 nitrogen and oxygen atoms in total. The van der Waals surface area contributed by atoms with E-state index in [2.05, 4.69) is 0 Å². The highest BCUT2D eigenvalue weighted by atomic mass is 32.2. The van der Waals surface area contributed by atoms with Crippen molar-refractivity contribution in [2.24, 2.45) is 5.92 Å². The molecule has 0 radical (unpaired) electrons. The minimum absolute atomic E-state index is 0.148. The van der Waals surface area contributed by atoms with Crippen LogP contribution in [-0.4, -0.2) is 31.1 Å². The first kappa shape index (κ1) is 12.0. The topological polar surface area (TPSA) is 54.4 Å². The van der Waals surface area contributed by atoms with Crippen molar-refractivity contribution >= 4 is 9.84 Å². The van der Waals surface area contributed by atoms with Crippen LogP contribution in [0.3, 0.4) is 0 Å². The second-order valence-electron chi connectivity index (χ2n) is 4.07. The number of hydrogen-bond donors (Lipinski definition) is 1. The molecule has 0 heterocycles. The van der Waals surface area contributed by atoms with Gasteiger partial charge in [0, 0.05) is 5.75 Å². The normalized spacial score (nSPS) is 22.1. The highest BCUT2D eigenvalue weighted by Gasteiger charge is 2.32. The summed E-state index contributed by atoms with van der Waals surface area (Å²) in [4.78, 5) is 0. The van der Waals surface area contributed by atoms with Crippen LogP contribution in [0.25, 0.3) is 0 Å². The SMILES string of the molecule is CCS(=O)(=O)[C@H](CO)C1CCCCC1. The third-order valence-corrected chi connectivity index (χ3v) is 5.48. The van der Waals surface area contributed by atoms with Gasteiger partial charge < -0.3 is 5.11 Å². The molecule has 84 valence electrons. The molecule has 1 aliphatic rings. The molecule has 1 rings (SSSR count). The molecule has 0 aromatic carbocycles. The molecule has 14 heavy (non-hydrogen) atoms. The lowest BCUT2D eigenvalue weighted by Gasteiger charge is -2.28. The molecule has 0 aliphatic heterocycles. The monoisotopic (exact) mass is 220 g/mol. The van der Waals surface area contributed by atoms with Gasteiger partial charge in [-0.1, -0.05) is 26.2 Å². The lowest BCUT2D eigenvalue weighted by Crippen LogP contribution is -2.35. The Bertz CT molecular complexity index is 253. The predicted octanol–water partition coefficient (Wildman–Crippen LogP) is 1.36. The zero-order valence-corrected chi connectivity index (χ0v) is 9.59. The molecular formula is C10H20O3S. The average Bonchev–Trinajstić information content (AvgIpc) is 2.20. The first-order valence-corrected chi connectivity index (χ1v) is 7.15. The number of aliphatic hydroxyl groups excluding tert-OH is 1. The molecule has 1 atom stereocenters. The van der Waals surface area contributed by atoms with Crippen LogP contribution in [0.1, 0.15) is 39.0 Å². The van der Waals surface area contributed by atoms with Gasteiger partial charge in [-0.3, -0.25) is 0 Å². The maximum atomic E-state index is 11.7. The van der Waals surface area contributed by atoms with E-state index in [0.717, 1.165) is 25.7 Å². The summed E-state index contributed by atoms with van der Waals surface area (Å²) < 4.78 is 23.3. The van der Waals surface area contributed by atoms with Crippen LogP contribution >= 0.6 is 0 Å². The van der Waals surface area contributed by atoms with Gasteiger partial charge in [-0.05, 0) is 18.8 Å². The van der Waals surface area contributed by atoms with Crippen LogP contribution in [0, 0.1) is 5.92 Å². The van der Waals surface area contributed by atoms with Gasteiger partial charge in [-0.2, -0.15) is 0 Å². The van der Waals surface area contributed by atoms with Crippen molar-refractivity contribution in [1.29, 1.82) is 0 Å². The fraction of sp³-hybridized carbons (Fsp3) is 1.00. The van der Waals surface area contributed by atoms with Crippen molar-refractivity contribution < 1.29 is 13.5 Å². The van der Waals surface area contributed by atoms with Crippen LogP contribution in [0.4, 0.5) is 0 Å². The van der Waals surface area contributed by atoms with Crippen LogP contribution in [0.2, 0.25) is 0 Å². The van der Waals surface area contributed by atoms with Gasteiger partial charge in [0.25, 0.3) is 0 Å². The van der Waals surface area contributed by atoms with Gasteiger partial charge >= 0.3 is 0 Å². The minimum Gasteiger partial charge on any atom is -0.395 e. The van der Waals surface area contributed by atoms with Crippen molar-refractivity contribution in [3.63, 3.8) is 0 Å². The highest BCUT2D eigenvalue weighted by molar-refractivity contribution is 7.92. The van der Waals surface area contributed by atoms with Crippen LogP contribution in [0.5, 0.6) is 0 Å². The lowest BCUT2D eigenvalue weighted by atomic mass is 9.87. The molecule has 0 aromatic rings. The second-order valence-corrected chi connectivity index (χ2v) is 6.58. The summed E-state index contributed by atoms with van der Waals surface area (Å²) in [5, 5.41) is 8.66. The number of hydrogen-bond acceptors (Lipinski definition) is 3. The molecular weight excluding hydrogens is 200 g/mol. The van der Waals surface area contributed by atoms with E-state index in [1.54, 1.807) is 6.92 Å². The maximum absolute atomic E-state index is 11.7. The predicted molar refractivity (Wildman–Crippen MR) is 56.9 cm³/mol. The number of sulfone groups is 1. The van der Waals surface area contributed by atoms with Gasteiger partial charge in [-0.25, -0.2) is 8.42 Å². The molecule has 4 heteroatoms. The van der Waals surface area contributed by atoms with E-state index in [9.17, 15) is 8.42 Å². The Kier molecular flexibility index (Phi) is 4.38. The first-order chi connectivity index (χ1) is 6.61. The van der Waals surface area contributed by atoms with Gasteiger partial charge in [0.1, 0.15) is 0 Å². The Labute approximate surface area is 86.4 Å². The van der Waals surface area contributed by atoms with E-state index in [4.69, 9.17) is 5.11 Å². The Morgan fingerprint density at radius 3 is 2.29 bits per heavy atom. The summed E-state index contributed by atoms with van der Waals surface area (Å²) >= 11 is 0. The van der Waals surface area contributed by atoms with Gasteiger partial charge in [-0.15, -0.1) is 0 Å².